The third-order valence-corrected chi connectivity index (χ3v) is 6.67. The van der Waals surface area contributed by atoms with Gasteiger partial charge in [0.05, 0.1) is 6.10 Å². The Morgan fingerprint density at radius 3 is 2.53 bits per heavy atom. The van der Waals surface area contributed by atoms with Crippen molar-refractivity contribution in [2.75, 3.05) is 6.54 Å². The van der Waals surface area contributed by atoms with Gasteiger partial charge in [-0.05, 0) is 37.8 Å². The smallest absolute Gasteiger partial charge is 0.326 e. The Labute approximate surface area is 218 Å². The van der Waals surface area contributed by atoms with E-state index in [0.717, 1.165) is 16.5 Å². The lowest BCUT2D eigenvalue weighted by Crippen LogP contribution is -2.58. The van der Waals surface area contributed by atoms with E-state index in [2.05, 4.69) is 15.6 Å². The number of aliphatic hydroxyl groups excluding tert-OH is 1. The van der Waals surface area contributed by atoms with Crippen molar-refractivity contribution in [2.24, 2.45) is 11.5 Å². The molecule has 0 aliphatic carbocycles. The lowest BCUT2D eigenvalue weighted by atomic mass is 10.0. The van der Waals surface area contributed by atoms with Gasteiger partial charge < -0.3 is 42.2 Å². The molecule has 1 aliphatic heterocycles. The van der Waals surface area contributed by atoms with Crippen LogP contribution >= 0.6 is 0 Å². The highest BCUT2D eigenvalue weighted by Crippen LogP contribution is 2.23. The summed E-state index contributed by atoms with van der Waals surface area (Å²) in [5.74, 6) is -3.97. The summed E-state index contributed by atoms with van der Waals surface area (Å²) >= 11 is 0. The van der Waals surface area contributed by atoms with Crippen LogP contribution in [0.25, 0.3) is 10.9 Å². The van der Waals surface area contributed by atoms with Crippen molar-refractivity contribution < 1.29 is 34.2 Å². The molecule has 1 saturated heterocycles. The van der Waals surface area contributed by atoms with E-state index in [1.165, 1.54) is 11.8 Å². The van der Waals surface area contributed by atoms with E-state index in [4.69, 9.17) is 11.5 Å². The minimum atomic E-state index is -1.35. The molecule has 5 unspecified atom stereocenters. The maximum atomic E-state index is 13.7. The summed E-state index contributed by atoms with van der Waals surface area (Å²) in [5.41, 5.74) is 12.5. The second-order valence-electron chi connectivity index (χ2n) is 9.49. The van der Waals surface area contributed by atoms with Crippen LogP contribution in [-0.2, 0) is 30.4 Å². The van der Waals surface area contributed by atoms with E-state index in [1.807, 2.05) is 24.3 Å². The maximum Gasteiger partial charge on any atom is 0.326 e. The number of H-pyrrole nitrogens is 1. The molecule has 3 rings (SSSR count). The summed E-state index contributed by atoms with van der Waals surface area (Å²) in [6.07, 6.45) is 1.03. The van der Waals surface area contributed by atoms with Gasteiger partial charge in [0.2, 0.25) is 23.6 Å². The van der Waals surface area contributed by atoms with Gasteiger partial charge in [-0.1, -0.05) is 18.2 Å². The zero-order chi connectivity index (χ0) is 28.0. The number of carboxylic acids is 1. The molecule has 13 nitrogen and oxygen atoms in total. The molecule has 0 radical (unpaired) electrons. The number of hydrogen-bond donors (Lipinski definition) is 7. The first-order valence-corrected chi connectivity index (χ1v) is 12.4. The van der Waals surface area contributed by atoms with Crippen LogP contribution in [0.1, 0.15) is 38.2 Å². The molecule has 1 aromatic carbocycles. The summed E-state index contributed by atoms with van der Waals surface area (Å²) in [5, 5.41) is 25.1. The van der Waals surface area contributed by atoms with Crippen LogP contribution in [-0.4, -0.2) is 86.5 Å². The summed E-state index contributed by atoms with van der Waals surface area (Å²) in [4.78, 5) is 66.6. The van der Waals surface area contributed by atoms with Crippen molar-refractivity contribution in [1.82, 2.24) is 20.5 Å². The molecule has 0 bridgehead atoms. The molecule has 2 aromatic rings. The highest BCUT2D eigenvalue weighted by Gasteiger charge is 2.39. The molecular weight excluding hydrogens is 496 g/mol. The third kappa shape index (κ3) is 6.86. The Morgan fingerprint density at radius 1 is 1.16 bits per heavy atom. The first-order chi connectivity index (χ1) is 18.0. The number of carbonyl (C=O) groups is 5. The number of nitrogens with one attached hydrogen (secondary N) is 3. The molecule has 1 aromatic heterocycles. The lowest BCUT2D eigenvalue weighted by Gasteiger charge is -2.30. The molecule has 5 atom stereocenters. The fraction of sp³-hybridized carbons (Fsp3) is 0.480. The zero-order valence-electron chi connectivity index (χ0n) is 21.1. The Kier molecular flexibility index (Phi) is 9.42. The number of carbonyl (C=O) groups excluding carboxylic acids is 4. The number of para-hydroxylation sites is 1. The number of aliphatic carboxylic acids is 1. The van der Waals surface area contributed by atoms with Gasteiger partial charge in [0.1, 0.15) is 24.2 Å². The zero-order valence-corrected chi connectivity index (χ0v) is 21.1. The van der Waals surface area contributed by atoms with Gasteiger partial charge in [-0.15, -0.1) is 0 Å². The van der Waals surface area contributed by atoms with E-state index in [1.54, 1.807) is 6.20 Å². The molecule has 4 amide bonds. The predicted molar refractivity (Wildman–Crippen MR) is 136 cm³/mol. The normalized spacial score (nSPS) is 18.4. The number of nitrogens with zero attached hydrogens (tertiary/aromatic N) is 1. The Balaban J connectivity index is 1.82. The number of primary amides is 1. The Bertz CT molecular complexity index is 1200. The second kappa shape index (κ2) is 12.5. The number of aromatic nitrogens is 1. The number of hydrogen-bond acceptors (Lipinski definition) is 7. The van der Waals surface area contributed by atoms with Crippen LogP contribution in [0, 0.1) is 0 Å². The number of benzene rings is 1. The van der Waals surface area contributed by atoms with Crippen molar-refractivity contribution in [3.05, 3.63) is 36.0 Å². The first kappa shape index (κ1) is 28.6. The topological polar surface area (TPSA) is 221 Å². The van der Waals surface area contributed by atoms with Crippen molar-refractivity contribution >= 4 is 40.5 Å². The van der Waals surface area contributed by atoms with Crippen LogP contribution in [0.3, 0.4) is 0 Å². The van der Waals surface area contributed by atoms with Gasteiger partial charge in [-0.25, -0.2) is 4.79 Å². The van der Waals surface area contributed by atoms with E-state index < -0.39 is 59.9 Å². The van der Waals surface area contributed by atoms with Gasteiger partial charge in [0.15, 0.2) is 0 Å². The lowest BCUT2D eigenvalue weighted by molar-refractivity contribution is -0.145. The molecule has 1 aliphatic rings. The highest BCUT2D eigenvalue weighted by atomic mass is 16.4. The van der Waals surface area contributed by atoms with Gasteiger partial charge in [-0.2, -0.15) is 0 Å². The number of rotatable bonds is 12. The number of aliphatic hydroxyl groups is 1. The van der Waals surface area contributed by atoms with Crippen LogP contribution in [0.2, 0.25) is 0 Å². The van der Waals surface area contributed by atoms with E-state index in [0.29, 0.717) is 12.8 Å². The molecule has 0 spiro atoms. The molecule has 206 valence electrons. The summed E-state index contributed by atoms with van der Waals surface area (Å²) < 4.78 is 0. The van der Waals surface area contributed by atoms with Gasteiger partial charge in [0, 0.05) is 36.5 Å². The standard InChI is InChI=1S/C25H34N6O7/c1-13(32)21(27)23(35)30-18(11-14-12-28-16-6-3-2-5-15(14)16)24(36)31-10-4-7-19(31)22(34)29-17(25(37)38)8-9-20(26)33/h2-3,5-6,12-13,17-19,21,28,32H,4,7-11,27H2,1H3,(H2,26,33)(H,29,34)(H,30,35)(H,37,38). The predicted octanol–water partition coefficient (Wildman–Crippen LogP) is -1.27. The number of aromatic amines is 1. The number of fused-ring (bicyclic) bond motifs is 1. The third-order valence-electron chi connectivity index (χ3n) is 6.67. The fourth-order valence-corrected chi connectivity index (χ4v) is 4.52. The summed E-state index contributed by atoms with van der Waals surface area (Å²) in [6, 6.07) is 2.75. The van der Waals surface area contributed by atoms with Gasteiger partial charge in [0.25, 0.3) is 0 Å². The molecule has 13 heteroatoms. The summed E-state index contributed by atoms with van der Waals surface area (Å²) in [7, 11) is 0. The fourth-order valence-electron chi connectivity index (χ4n) is 4.52. The van der Waals surface area contributed by atoms with Crippen molar-refractivity contribution in [3.8, 4) is 0 Å². The number of likely N-dealkylation sites (tertiary alicyclic amines) is 1. The van der Waals surface area contributed by atoms with Crippen LogP contribution < -0.4 is 22.1 Å². The van der Waals surface area contributed by atoms with Crippen LogP contribution in [0.4, 0.5) is 0 Å². The number of amides is 4. The number of nitrogens with two attached hydrogens (primary N) is 2. The molecular formula is C25H34N6O7. The highest BCUT2D eigenvalue weighted by molar-refractivity contribution is 5.95. The van der Waals surface area contributed by atoms with Gasteiger partial charge in [-0.3, -0.25) is 19.2 Å². The van der Waals surface area contributed by atoms with E-state index >= 15 is 0 Å². The Morgan fingerprint density at radius 2 is 1.87 bits per heavy atom. The quantitative estimate of drug-likeness (QED) is 0.175. The minimum Gasteiger partial charge on any atom is -0.480 e. The van der Waals surface area contributed by atoms with Crippen molar-refractivity contribution in [1.29, 1.82) is 0 Å². The maximum absolute atomic E-state index is 13.7. The monoisotopic (exact) mass is 530 g/mol. The first-order valence-electron chi connectivity index (χ1n) is 12.4. The van der Waals surface area contributed by atoms with Crippen LogP contribution in [0.5, 0.6) is 0 Å². The van der Waals surface area contributed by atoms with E-state index in [-0.39, 0.29) is 25.8 Å². The molecule has 0 saturated carbocycles. The number of carboxylic acid groups (broad SMARTS) is 1. The van der Waals surface area contributed by atoms with Crippen LogP contribution in [0.15, 0.2) is 30.5 Å². The molecule has 38 heavy (non-hydrogen) atoms. The van der Waals surface area contributed by atoms with Gasteiger partial charge >= 0.3 is 5.97 Å². The minimum absolute atomic E-state index is 0.0856. The van der Waals surface area contributed by atoms with E-state index in [9.17, 15) is 34.2 Å². The Hall–Kier alpha value is -3.97. The van der Waals surface area contributed by atoms with Crippen molar-refractivity contribution in [3.63, 3.8) is 0 Å². The second-order valence-corrected chi connectivity index (χ2v) is 9.49. The largest absolute Gasteiger partial charge is 0.480 e. The average Bonchev–Trinajstić information content (AvgIpc) is 3.52. The van der Waals surface area contributed by atoms with Crippen molar-refractivity contribution in [2.45, 2.75) is 69.3 Å². The molecule has 1 fully saturated rings. The summed E-state index contributed by atoms with van der Waals surface area (Å²) in [6.45, 7) is 1.58. The molecule has 2 heterocycles. The average molecular weight is 531 g/mol. The molecule has 9 N–H and O–H groups in total. The SMILES string of the molecule is CC(O)C(N)C(=O)NC(Cc1c[nH]c2ccccc12)C(=O)N1CCCC1C(=O)NC(CCC(N)=O)C(=O)O.